The third-order valence-corrected chi connectivity index (χ3v) is 13.0. The van der Waals surface area contributed by atoms with Crippen molar-refractivity contribution in [2.45, 2.75) is 0 Å². The van der Waals surface area contributed by atoms with Crippen molar-refractivity contribution in [2.75, 3.05) is 0 Å². The van der Waals surface area contributed by atoms with E-state index in [-0.39, 0.29) is 0 Å². The third kappa shape index (κ3) is 9.29. The van der Waals surface area contributed by atoms with E-state index in [1.165, 1.54) is 0 Å². The molecule has 0 spiro atoms. The summed E-state index contributed by atoms with van der Waals surface area (Å²) in [7, 11) is 0. The van der Waals surface area contributed by atoms with Crippen molar-refractivity contribution < 1.29 is 119 Å². The highest BCUT2D eigenvalue weighted by Gasteiger charge is 2.39. The van der Waals surface area contributed by atoms with Gasteiger partial charge in [-0.05, 0) is 34.9 Å². The Hall–Kier alpha value is -9.90. The van der Waals surface area contributed by atoms with Crippen LogP contribution >= 0.6 is 0 Å². The van der Waals surface area contributed by atoms with Gasteiger partial charge in [0.25, 0.3) is 0 Å². The monoisotopic (exact) mass is 1250 g/mol. The summed E-state index contributed by atoms with van der Waals surface area (Å²) in [6.45, 7) is 0. The molecule has 0 aliphatic heterocycles. The number of halogens is 27. The molecule has 0 amide bonds. The van der Waals surface area contributed by atoms with Crippen LogP contribution in [0.25, 0.3) is 101 Å². The van der Waals surface area contributed by atoms with E-state index in [1.54, 1.807) is 0 Å². The standard InChI is InChI=1S/C57H12F27N3/c58-28-19(31(61)43(73)34(64)22(28)25-37(67)46(76)52(82)47(77)38(25)68)13-4-1-7-16(10-13)55-85-56(17-8-2-5-14(11-17)20-29(59)23(35(65)44(74)32(20)62)26-39(69)48(78)53(83)49(79)40(26)70)87-57(86-55)18-9-3-6-15(12-18)21-30(60)24(36(66)45(75)33(21)63)27-41(71)50(80)54(84)51(81)42(27)72/h1-12H. The highest BCUT2D eigenvalue weighted by molar-refractivity contribution is 5.83. The van der Waals surface area contributed by atoms with Crippen LogP contribution in [0.3, 0.4) is 0 Å². The lowest BCUT2D eigenvalue weighted by atomic mass is 9.94. The van der Waals surface area contributed by atoms with Crippen LogP contribution in [0, 0.1) is 157 Å². The first-order valence-corrected chi connectivity index (χ1v) is 23.2. The van der Waals surface area contributed by atoms with Gasteiger partial charge < -0.3 is 0 Å². The van der Waals surface area contributed by atoms with Gasteiger partial charge in [0.2, 0.25) is 17.5 Å². The van der Waals surface area contributed by atoms with Gasteiger partial charge in [-0.2, -0.15) is 0 Å². The fourth-order valence-electron chi connectivity index (χ4n) is 9.00. The van der Waals surface area contributed by atoms with Crippen LogP contribution in [0.5, 0.6) is 0 Å². The number of hydrogen-bond acceptors (Lipinski definition) is 3. The average molecular weight is 1250 g/mol. The van der Waals surface area contributed by atoms with Crippen LogP contribution in [-0.4, -0.2) is 15.0 Å². The zero-order valence-corrected chi connectivity index (χ0v) is 41.0. The average Bonchev–Trinajstić information content (AvgIpc) is 0.827. The quantitative estimate of drug-likeness (QED) is 0.0821. The first-order valence-electron chi connectivity index (χ1n) is 23.2. The first kappa shape index (κ1) is 60.2. The first-order chi connectivity index (χ1) is 40.9. The van der Waals surface area contributed by atoms with Gasteiger partial charge in [0.15, 0.2) is 140 Å². The largest absolute Gasteiger partial charge is 0.208 e. The molecule has 1 heterocycles. The molecule has 1 aromatic heterocycles. The minimum absolute atomic E-state index is 0.525. The maximum atomic E-state index is 16.4. The summed E-state index contributed by atoms with van der Waals surface area (Å²) in [5.41, 5.74) is -25.1. The van der Waals surface area contributed by atoms with Gasteiger partial charge in [-0.15, -0.1) is 0 Å². The molecule has 0 aliphatic rings. The SMILES string of the molecule is Fc1c(F)c(F)c(-c2c(F)c(F)c(F)c(-c3cccc(-c4nc(-c5cccc(-c6c(F)c(F)c(F)c(-c7c(F)c(F)c(F)c(F)c7F)c6F)c5)nc(-c5cccc(-c6c(F)c(F)c(F)c(-c7c(F)c(F)c(F)c(F)c7F)c6F)c5)n4)c3)c2F)c(F)c1F. The molecule has 10 aromatic rings. The van der Waals surface area contributed by atoms with Crippen molar-refractivity contribution in [2.24, 2.45) is 0 Å². The summed E-state index contributed by atoms with van der Waals surface area (Å²) >= 11 is 0. The number of benzene rings is 9. The van der Waals surface area contributed by atoms with Crippen molar-refractivity contribution in [3.63, 3.8) is 0 Å². The summed E-state index contributed by atoms with van der Waals surface area (Å²) in [5, 5.41) is 0. The predicted molar refractivity (Wildman–Crippen MR) is 248 cm³/mol. The number of nitrogens with zero attached hydrogens (tertiary/aromatic N) is 3. The molecule has 0 saturated heterocycles. The van der Waals surface area contributed by atoms with E-state index in [9.17, 15) is 65.9 Å². The van der Waals surface area contributed by atoms with Crippen molar-refractivity contribution in [1.29, 1.82) is 0 Å². The van der Waals surface area contributed by atoms with Gasteiger partial charge in [0, 0.05) is 16.7 Å². The van der Waals surface area contributed by atoms with Crippen molar-refractivity contribution in [1.82, 2.24) is 15.0 Å². The summed E-state index contributed by atoms with van der Waals surface area (Å²) in [4.78, 5) is 12.3. The number of hydrogen-bond donors (Lipinski definition) is 0. The van der Waals surface area contributed by atoms with Gasteiger partial charge in [-0.25, -0.2) is 133 Å². The Labute approximate surface area is 463 Å². The van der Waals surface area contributed by atoms with Crippen molar-refractivity contribution in [3.8, 4) is 101 Å². The molecule has 0 unspecified atom stereocenters. The van der Waals surface area contributed by atoms with E-state index < -0.39 is 258 Å². The molecule has 444 valence electrons. The predicted octanol–water partition coefficient (Wildman–Crippen LogP) is 18.6. The van der Waals surface area contributed by atoms with Gasteiger partial charge in [-0.3, -0.25) is 0 Å². The van der Waals surface area contributed by atoms with E-state index >= 15 is 52.7 Å². The Balaban J connectivity index is 1.21. The number of aromatic nitrogens is 3. The molecule has 0 radical (unpaired) electrons. The second-order valence-corrected chi connectivity index (χ2v) is 17.9. The van der Waals surface area contributed by atoms with E-state index in [0.717, 1.165) is 36.4 Å². The zero-order chi connectivity index (χ0) is 63.6. The molecule has 10 rings (SSSR count). The van der Waals surface area contributed by atoms with E-state index in [2.05, 4.69) is 15.0 Å². The van der Waals surface area contributed by atoms with Gasteiger partial charge in [0.1, 0.15) is 17.5 Å². The molecule has 30 heteroatoms. The Morgan fingerprint density at radius 2 is 0.287 bits per heavy atom. The molecular weight excluding hydrogens is 1240 g/mol. The molecule has 0 atom stereocenters. The Morgan fingerprint density at radius 3 is 0.483 bits per heavy atom. The molecular formula is C57H12F27N3. The summed E-state index contributed by atoms with van der Waals surface area (Å²) < 4.78 is 406. The number of rotatable bonds is 9. The van der Waals surface area contributed by atoms with Crippen LogP contribution in [-0.2, 0) is 0 Å². The van der Waals surface area contributed by atoms with Crippen molar-refractivity contribution >= 4 is 0 Å². The maximum absolute atomic E-state index is 16.4. The van der Waals surface area contributed by atoms with Crippen LogP contribution < -0.4 is 0 Å². The van der Waals surface area contributed by atoms with Crippen molar-refractivity contribution in [3.05, 3.63) is 230 Å². The summed E-state index contributed by atoms with van der Waals surface area (Å²) in [6, 6.07) is 8.44. The third-order valence-electron chi connectivity index (χ3n) is 13.0. The molecule has 0 saturated carbocycles. The van der Waals surface area contributed by atoms with Gasteiger partial charge in [0.05, 0.1) is 50.1 Å². The minimum Gasteiger partial charge on any atom is -0.208 e. The molecule has 9 aromatic carbocycles. The van der Waals surface area contributed by atoms with E-state index in [1.807, 2.05) is 0 Å². The smallest absolute Gasteiger partial charge is 0.200 e. The van der Waals surface area contributed by atoms with Crippen LogP contribution in [0.15, 0.2) is 72.8 Å². The fraction of sp³-hybridized carbons (Fsp3) is 0. The van der Waals surface area contributed by atoms with Crippen LogP contribution in [0.4, 0.5) is 119 Å². The topological polar surface area (TPSA) is 38.7 Å². The molecule has 0 bridgehead atoms. The molecule has 3 nitrogen and oxygen atoms in total. The van der Waals surface area contributed by atoms with E-state index in [4.69, 9.17) is 0 Å². The van der Waals surface area contributed by atoms with Crippen LogP contribution in [0.2, 0.25) is 0 Å². The Kier molecular flexibility index (Phi) is 15.1. The summed E-state index contributed by atoms with van der Waals surface area (Å²) in [6.07, 6.45) is 0. The van der Waals surface area contributed by atoms with E-state index in [0.29, 0.717) is 36.4 Å². The molecule has 0 N–H and O–H groups in total. The lowest BCUT2D eigenvalue weighted by molar-refractivity contribution is 0.379. The Bertz CT molecular complexity index is 4120. The minimum atomic E-state index is -2.89. The fourth-order valence-corrected chi connectivity index (χ4v) is 9.00. The lowest BCUT2D eigenvalue weighted by Gasteiger charge is -2.16. The van der Waals surface area contributed by atoms with Gasteiger partial charge >= 0.3 is 0 Å². The summed E-state index contributed by atoms with van der Waals surface area (Å²) in [5.74, 6) is -78.0. The highest BCUT2D eigenvalue weighted by atomic mass is 19.2. The maximum Gasteiger partial charge on any atom is 0.200 e. The normalized spacial score (nSPS) is 11.6. The Morgan fingerprint density at radius 1 is 0.149 bits per heavy atom. The second kappa shape index (κ2) is 21.9. The lowest BCUT2D eigenvalue weighted by Crippen LogP contribution is -2.10. The van der Waals surface area contributed by atoms with Crippen LogP contribution in [0.1, 0.15) is 0 Å². The van der Waals surface area contributed by atoms with Gasteiger partial charge in [-0.1, -0.05) is 54.6 Å². The molecule has 87 heavy (non-hydrogen) atoms. The second-order valence-electron chi connectivity index (χ2n) is 17.9. The highest BCUT2D eigenvalue weighted by Crippen LogP contribution is 2.46. The molecule has 0 fully saturated rings. The zero-order valence-electron chi connectivity index (χ0n) is 41.0. The molecule has 0 aliphatic carbocycles.